The molecular weight excluding hydrogens is 326 g/mol. The summed E-state index contributed by atoms with van der Waals surface area (Å²) in [5, 5.41) is 8.61. The summed E-state index contributed by atoms with van der Waals surface area (Å²) in [6.07, 6.45) is -4.06. The molecule has 0 amide bonds. The quantitative estimate of drug-likeness (QED) is 0.632. The monoisotopic (exact) mass is 329 g/mol. The van der Waals surface area contributed by atoms with Crippen molar-refractivity contribution in [2.45, 2.75) is 6.36 Å². The Balaban J connectivity index is 3.21. The van der Waals surface area contributed by atoms with E-state index in [9.17, 15) is 13.2 Å². The minimum atomic E-state index is -4.87. The van der Waals surface area contributed by atoms with Crippen molar-refractivity contribution < 1.29 is 17.9 Å². The van der Waals surface area contributed by atoms with E-state index < -0.39 is 12.1 Å². The average Bonchev–Trinajstić information content (AvgIpc) is 2.10. The van der Waals surface area contributed by atoms with Crippen LogP contribution in [0.15, 0.2) is 6.20 Å². The first-order valence-electron chi connectivity index (χ1n) is 3.45. The van der Waals surface area contributed by atoms with Crippen LogP contribution in [0, 0.1) is 15.0 Å². The van der Waals surface area contributed by atoms with Crippen LogP contribution in [0.3, 0.4) is 0 Å². The lowest BCUT2D eigenvalue weighted by Crippen LogP contribution is -2.18. The van der Waals surface area contributed by atoms with Crippen molar-refractivity contribution in [3.63, 3.8) is 0 Å². The number of hydrogen-bond donors (Lipinski definition) is 1. The molecule has 0 aromatic carbocycles. The Labute approximate surface area is 96.0 Å². The number of nitrogens with zero attached hydrogens (tertiary/aromatic N) is 2. The van der Waals surface area contributed by atoms with Gasteiger partial charge in [0.1, 0.15) is 15.3 Å². The second kappa shape index (κ2) is 4.09. The summed E-state index contributed by atoms with van der Waals surface area (Å²) in [6, 6.07) is 1.53. The van der Waals surface area contributed by atoms with Crippen LogP contribution < -0.4 is 10.5 Å². The number of aromatic nitrogens is 1. The molecule has 0 radical (unpaired) electrons. The molecule has 0 fully saturated rings. The third kappa shape index (κ3) is 2.85. The zero-order valence-corrected chi connectivity index (χ0v) is 9.13. The molecule has 0 saturated carbocycles. The molecule has 1 aromatic rings. The van der Waals surface area contributed by atoms with Gasteiger partial charge >= 0.3 is 6.36 Å². The molecule has 1 rings (SSSR count). The van der Waals surface area contributed by atoms with E-state index in [1.807, 2.05) is 0 Å². The van der Waals surface area contributed by atoms with Gasteiger partial charge < -0.3 is 10.5 Å². The fraction of sp³-hybridized carbons (Fsp3) is 0.143. The minimum Gasteiger partial charge on any atom is -0.403 e. The number of nitrogen functional groups attached to an aromatic ring is 1. The third-order valence-electron chi connectivity index (χ3n) is 1.37. The van der Waals surface area contributed by atoms with Crippen LogP contribution in [0.2, 0.25) is 0 Å². The van der Waals surface area contributed by atoms with Gasteiger partial charge in [-0.15, -0.1) is 13.2 Å². The summed E-state index contributed by atoms with van der Waals surface area (Å²) in [5.74, 6) is -0.692. The molecule has 0 aliphatic carbocycles. The van der Waals surface area contributed by atoms with Gasteiger partial charge in [0.25, 0.3) is 0 Å². The number of nitriles is 1. The number of halogens is 4. The Morgan fingerprint density at radius 1 is 1.53 bits per heavy atom. The Bertz CT molecular complexity index is 427. The summed E-state index contributed by atoms with van der Waals surface area (Å²) in [5.41, 5.74) is 4.88. The lowest BCUT2D eigenvalue weighted by Gasteiger charge is -2.11. The normalized spacial score (nSPS) is 10.9. The lowest BCUT2D eigenvalue weighted by molar-refractivity contribution is -0.274. The van der Waals surface area contributed by atoms with Crippen molar-refractivity contribution in [2.75, 3.05) is 5.73 Å². The Morgan fingerprint density at radius 2 is 2.13 bits per heavy atom. The van der Waals surface area contributed by atoms with Gasteiger partial charge in [0, 0.05) is 0 Å². The van der Waals surface area contributed by atoms with Gasteiger partial charge in [-0.1, -0.05) is 0 Å². The summed E-state index contributed by atoms with van der Waals surface area (Å²) in [7, 11) is 0. The molecule has 2 N–H and O–H groups in total. The SMILES string of the molecule is N#Cc1c(OC(F)(F)F)cnc(I)c1N. The highest BCUT2D eigenvalue weighted by Gasteiger charge is 2.33. The highest BCUT2D eigenvalue weighted by molar-refractivity contribution is 14.1. The van der Waals surface area contributed by atoms with Crippen molar-refractivity contribution in [1.82, 2.24) is 4.98 Å². The molecule has 0 saturated heterocycles. The standard InChI is InChI=1S/C7H3F3IN3O/c8-7(9,10)15-4-2-14-6(11)5(13)3(4)1-12/h2H,13H2. The van der Waals surface area contributed by atoms with Crippen LogP contribution in [0.4, 0.5) is 18.9 Å². The largest absolute Gasteiger partial charge is 0.573 e. The number of nitrogens with two attached hydrogens (primary N) is 1. The summed E-state index contributed by atoms with van der Waals surface area (Å²) < 4.78 is 39.5. The molecule has 1 aromatic heterocycles. The van der Waals surface area contributed by atoms with E-state index in [1.165, 1.54) is 6.07 Å². The molecule has 0 aliphatic heterocycles. The van der Waals surface area contributed by atoms with Crippen LogP contribution in [0.25, 0.3) is 0 Å². The number of anilines is 1. The highest BCUT2D eigenvalue weighted by atomic mass is 127. The van der Waals surface area contributed by atoms with E-state index in [-0.39, 0.29) is 15.0 Å². The van der Waals surface area contributed by atoms with Crippen molar-refractivity contribution in [3.05, 3.63) is 15.5 Å². The maximum Gasteiger partial charge on any atom is 0.573 e. The highest BCUT2D eigenvalue weighted by Crippen LogP contribution is 2.30. The van der Waals surface area contributed by atoms with Crippen molar-refractivity contribution in [3.8, 4) is 11.8 Å². The van der Waals surface area contributed by atoms with Crippen LogP contribution >= 0.6 is 22.6 Å². The number of hydrogen-bond acceptors (Lipinski definition) is 4. The van der Waals surface area contributed by atoms with E-state index in [0.29, 0.717) is 0 Å². The van der Waals surface area contributed by atoms with Gasteiger partial charge in [0.05, 0.1) is 11.9 Å². The van der Waals surface area contributed by atoms with E-state index in [4.69, 9.17) is 11.0 Å². The lowest BCUT2D eigenvalue weighted by atomic mass is 10.2. The van der Waals surface area contributed by atoms with Crippen LogP contribution in [0.1, 0.15) is 5.56 Å². The predicted octanol–water partition coefficient (Wildman–Crippen LogP) is 2.04. The fourth-order valence-corrected chi connectivity index (χ4v) is 1.21. The molecule has 8 heteroatoms. The topological polar surface area (TPSA) is 71.9 Å². The first-order valence-corrected chi connectivity index (χ1v) is 4.53. The van der Waals surface area contributed by atoms with Gasteiger partial charge in [0.2, 0.25) is 0 Å². The number of rotatable bonds is 1. The maximum atomic E-state index is 11.9. The Hall–Kier alpha value is -1.24. The molecular formula is C7H3F3IN3O. The molecule has 0 bridgehead atoms. The van der Waals surface area contributed by atoms with Crippen molar-refractivity contribution in [2.24, 2.45) is 0 Å². The number of pyridine rings is 1. The number of ether oxygens (including phenoxy) is 1. The smallest absolute Gasteiger partial charge is 0.403 e. The zero-order valence-electron chi connectivity index (χ0n) is 6.97. The Kier molecular flexibility index (Phi) is 3.23. The fourth-order valence-electron chi connectivity index (χ4n) is 0.803. The van der Waals surface area contributed by atoms with Crippen LogP contribution in [-0.2, 0) is 0 Å². The predicted molar refractivity (Wildman–Crippen MR) is 52.8 cm³/mol. The average molecular weight is 329 g/mol. The van der Waals surface area contributed by atoms with E-state index in [2.05, 4.69) is 9.72 Å². The van der Waals surface area contributed by atoms with Gasteiger partial charge in [0.15, 0.2) is 5.75 Å². The maximum absolute atomic E-state index is 11.9. The third-order valence-corrected chi connectivity index (χ3v) is 2.23. The van der Waals surface area contributed by atoms with Gasteiger partial charge in [-0.2, -0.15) is 5.26 Å². The Morgan fingerprint density at radius 3 is 2.60 bits per heavy atom. The molecule has 80 valence electrons. The van der Waals surface area contributed by atoms with Gasteiger partial charge in [-0.05, 0) is 22.6 Å². The molecule has 0 atom stereocenters. The van der Waals surface area contributed by atoms with Gasteiger partial charge in [-0.25, -0.2) is 4.98 Å². The first kappa shape index (κ1) is 11.8. The van der Waals surface area contributed by atoms with Crippen LogP contribution in [0.5, 0.6) is 5.75 Å². The molecule has 1 heterocycles. The summed E-state index contributed by atoms with van der Waals surface area (Å²) in [6.45, 7) is 0. The van der Waals surface area contributed by atoms with Crippen molar-refractivity contribution >= 4 is 28.3 Å². The van der Waals surface area contributed by atoms with E-state index in [1.54, 1.807) is 22.6 Å². The zero-order chi connectivity index (χ0) is 11.6. The molecule has 0 aliphatic rings. The van der Waals surface area contributed by atoms with E-state index >= 15 is 0 Å². The second-order valence-corrected chi connectivity index (χ2v) is 3.38. The van der Waals surface area contributed by atoms with Gasteiger partial charge in [-0.3, -0.25) is 0 Å². The molecule has 4 nitrogen and oxygen atoms in total. The van der Waals surface area contributed by atoms with E-state index in [0.717, 1.165) is 6.20 Å². The first-order chi connectivity index (χ1) is 6.85. The minimum absolute atomic E-state index is 0.125. The molecule has 0 spiro atoms. The van der Waals surface area contributed by atoms with Crippen molar-refractivity contribution in [1.29, 1.82) is 5.26 Å². The number of alkyl halides is 3. The molecule has 15 heavy (non-hydrogen) atoms. The summed E-state index contributed by atoms with van der Waals surface area (Å²) in [4.78, 5) is 3.56. The molecule has 0 unspecified atom stereocenters. The summed E-state index contributed by atoms with van der Waals surface area (Å²) >= 11 is 1.70. The second-order valence-electron chi connectivity index (χ2n) is 2.36. The van der Waals surface area contributed by atoms with Crippen LogP contribution in [-0.4, -0.2) is 11.3 Å².